The summed E-state index contributed by atoms with van der Waals surface area (Å²) in [5.74, 6) is -0.0500. The van der Waals surface area contributed by atoms with E-state index in [0.717, 1.165) is 11.3 Å². The SMILES string of the molecule is CN(C(=O)c1cccc(CCO)c1)c1ccccc1. The predicted molar refractivity (Wildman–Crippen MR) is 76.4 cm³/mol. The lowest BCUT2D eigenvalue weighted by Gasteiger charge is -2.17. The third-order valence-corrected chi connectivity index (χ3v) is 3.02. The molecule has 0 aliphatic heterocycles. The van der Waals surface area contributed by atoms with Gasteiger partial charge in [0.05, 0.1) is 0 Å². The maximum atomic E-state index is 12.4. The van der Waals surface area contributed by atoms with Crippen LogP contribution in [0.15, 0.2) is 54.6 Å². The van der Waals surface area contributed by atoms with Crippen molar-refractivity contribution in [2.24, 2.45) is 0 Å². The highest BCUT2D eigenvalue weighted by Crippen LogP contribution is 2.15. The van der Waals surface area contributed by atoms with E-state index in [9.17, 15) is 4.79 Å². The first-order chi connectivity index (χ1) is 9.22. The number of hydrogen-bond acceptors (Lipinski definition) is 2. The molecule has 3 heteroatoms. The minimum atomic E-state index is -0.0500. The molecule has 0 aliphatic rings. The van der Waals surface area contributed by atoms with E-state index in [1.165, 1.54) is 0 Å². The van der Waals surface area contributed by atoms with E-state index in [-0.39, 0.29) is 12.5 Å². The van der Waals surface area contributed by atoms with Crippen molar-refractivity contribution in [3.8, 4) is 0 Å². The van der Waals surface area contributed by atoms with E-state index in [4.69, 9.17) is 5.11 Å². The van der Waals surface area contributed by atoms with E-state index in [0.29, 0.717) is 12.0 Å². The number of rotatable bonds is 4. The normalized spacial score (nSPS) is 10.2. The molecule has 0 atom stereocenters. The summed E-state index contributed by atoms with van der Waals surface area (Å²) in [7, 11) is 1.76. The fourth-order valence-corrected chi connectivity index (χ4v) is 1.95. The maximum absolute atomic E-state index is 12.4. The quantitative estimate of drug-likeness (QED) is 0.912. The van der Waals surface area contributed by atoms with Gasteiger partial charge in [0.2, 0.25) is 0 Å². The molecule has 0 bridgehead atoms. The number of hydrogen-bond donors (Lipinski definition) is 1. The minimum absolute atomic E-state index is 0.0500. The second-order valence-electron chi connectivity index (χ2n) is 4.37. The van der Waals surface area contributed by atoms with Gasteiger partial charge in [-0.1, -0.05) is 30.3 Å². The molecular formula is C16H17NO2. The molecule has 0 saturated carbocycles. The molecule has 2 rings (SSSR count). The smallest absolute Gasteiger partial charge is 0.258 e. The van der Waals surface area contributed by atoms with Crippen LogP contribution in [0, 0.1) is 0 Å². The van der Waals surface area contributed by atoms with Crippen LogP contribution in [0.1, 0.15) is 15.9 Å². The van der Waals surface area contributed by atoms with Gasteiger partial charge in [-0.2, -0.15) is 0 Å². The Bertz CT molecular complexity index is 552. The molecule has 0 fully saturated rings. The fourth-order valence-electron chi connectivity index (χ4n) is 1.95. The molecule has 98 valence electrons. The van der Waals surface area contributed by atoms with Crippen molar-refractivity contribution < 1.29 is 9.90 Å². The van der Waals surface area contributed by atoms with Gasteiger partial charge >= 0.3 is 0 Å². The third-order valence-electron chi connectivity index (χ3n) is 3.02. The molecule has 0 saturated heterocycles. The van der Waals surface area contributed by atoms with Crippen molar-refractivity contribution in [3.63, 3.8) is 0 Å². The van der Waals surface area contributed by atoms with Crippen molar-refractivity contribution in [3.05, 3.63) is 65.7 Å². The molecular weight excluding hydrogens is 238 g/mol. The summed E-state index contributed by atoms with van der Waals surface area (Å²) in [6, 6.07) is 16.9. The van der Waals surface area contributed by atoms with Crippen LogP contribution in [0.4, 0.5) is 5.69 Å². The van der Waals surface area contributed by atoms with Crippen LogP contribution in [-0.4, -0.2) is 24.7 Å². The van der Waals surface area contributed by atoms with Crippen molar-refractivity contribution >= 4 is 11.6 Å². The Hall–Kier alpha value is -2.13. The highest BCUT2D eigenvalue weighted by atomic mass is 16.3. The van der Waals surface area contributed by atoms with Gasteiger partial charge in [0.1, 0.15) is 0 Å². The molecule has 2 aromatic rings. The number of nitrogens with zero attached hydrogens (tertiary/aromatic N) is 1. The van der Waals surface area contributed by atoms with Crippen molar-refractivity contribution in [1.82, 2.24) is 0 Å². The van der Waals surface area contributed by atoms with E-state index >= 15 is 0 Å². The second kappa shape index (κ2) is 6.16. The number of carbonyl (C=O) groups is 1. The first-order valence-electron chi connectivity index (χ1n) is 6.25. The summed E-state index contributed by atoms with van der Waals surface area (Å²) in [5.41, 5.74) is 2.46. The van der Waals surface area contributed by atoms with E-state index in [1.807, 2.05) is 48.5 Å². The molecule has 0 heterocycles. The number of benzene rings is 2. The van der Waals surface area contributed by atoms with Crippen LogP contribution in [-0.2, 0) is 6.42 Å². The number of carbonyl (C=O) groups excluding carboxylic acids is 1. The highest BCUT2D eigenvalue weighted by molar-refractivity contribution is 6.05. The molecule has 0 unspecified atom stereocenters. The predicted octanol–water partition coefficient (Wildman–Crippen LogP) is 2.50. The van der Waals surface area contributed by atoms with Gasteiger partial charge in [-0.05, 0) is 36.2 Å². The standard InChI is InChI=1S/C16H17NO2/c1-17(15-8-3-2-4-9-15)16(19)14-7-5-6-13(12-14)10-11-18/h2-9,12,18H,10-11H2,1H3. The lowest BCUT2D eigenvalue weighted by Crippen LogP contribution is -2.26. The first-order valence-corrected chi connectivity index (χ1v) is 6.25. The topological polar surface area (TPSA) is 40.5 Å². The monoisotopic (exact) mass is 255 g/mol. The third kappa shape index (κ3) is 3.20. The van der Waals surface area contributed by atoms with Gasteiger partial charge in [0.15, 0.2) is 0 Å². The molecule has 0 spiro atoms. The van der Waals surface area contributed by atoms with Crippen LogP contribution in [0.25, 0.3) is 0 Å². The Morgan fingerprint density at radius 2 is 1.84 bits per heavy atom. The summed E-state index contributed by atoms with van der Waals surface area (Å²) in [6.45, 7) is 0.0895. The van der Waals surface area contributed by atoms with Crippen molar-refractivity contribution in [2.45, 2.75) is 6.42 Å². The van der Waals surface area contributed by atoms with Crippen molar-refractivity contribution in [1.29, 1.82) is 0 Å². The van der Waals surface area contributed by atoms with Gasteiger partial charge in [0.25, 0.3) is 5.91 Å². The zero-order chi connectivity index (χ0) is 13.7. The first kappa shape index (κ1) is 13.3. The Morgan fingerprint density at radius 3 is 2.53 bits per heavy atom. The maximum Gasteiger partial charge on any atom is 0.258 e. The van der Waals surface area contributed by atoms with E-state index in [2.05, 4.69) is 0 Å². The van der Waals surface area contributed by atoms with Gasteiger partial charge in [0, 0.05) is 24.9 Å². The van der Waals surface area contributed by atoms with Gasteiger partial charge < -0.3 is 10.0 Å². The zero-order valence-electron chi connectivity index (χ0n) is 10.9. The molecule has 2 aromatic carbocycles. The average molecular weight is 255 g/mol. The van der Waals surface area contributed by atoms with Crippen LogP contribution in [0.2, 0.25) is 0 Å². The second-order valence-corrected chi connectivity index (χ2v) is 4.37. The Kier molecular flexibility index (Phi) is 4.31. The summed E-state index contributed by atoms with van der Waals surface area (Å²) in [5, 5.41) is 8.94. The minimum Gasteiger partial charge on any atom is -0.396 e. The van der Waals surface area contributed by atoms with Gasteiger partial charge in [-0.15, -0.1) is 0 Å². The fraction of sp³-hybridized carbons (Fsp3) is 0.188. The molecule has 1 amide bonds. The number of amides is 1. The lowest BCUT2D eigenvalue weighted by molar-refractivity contribution is 0.0993. The van der Waals surface area contributed by atoms with Crippen LogP contribution >= 0.6 is 0 Å². The molecule has 3 nitrogen and oxygen atoms in total. The summed E-state index contributed by atoms with van der Waals surface area (Å²) in [6.07, 6.45) is 0.566. The largest absolute Gasteiger partial charge is 0.396 e. The Morgan fingerprint density at radius 1 is 1.11 bits per heavy atom. The number of aliphatic hydroxyl groups excluding tert-OH is 1. The van der Waals surface area contributed by atoms with E-state index in [1.54, 1.807) is 18.0 Å². The van der Waals surface area contributed by atoms with Crippen LogP contribution in [0.5, 0.6) is 0 Å². The highest BCUT2D eigenvalue weighted by Gasteiger charge is 2.13. The average Bonchev–Trinajstić information content (AvgIpc) is 2.47. The number of para-hydroxylation sites is 1. The summed E-state index contributed by atoms with van der Waals surface area (Å²) in [4.78, 5) is 14.0. The Balaban J connectivity index is 2.22. The number of aliphatic hydroxyl groups is 1. The molecule has 1 N–H and O–H groups in total. The summed E-state index contributed by atoms with van der Waals surface area (Å²) >= 11 is 0. The zero-order valence-corrected chi connectivity index (χ0v) is 10.9. The number of anilines is 1. The van der Waals surface area contributed by atoms with Crippen molar-refractivity contribution in [2.75, 3.05) is 18.6 Å². The molecule has 0 aromatic heterocycles. The summed E-state index contributed by atoms with van der Waals surface area (Å²) < 4.78 is 0. The lowest BCUT2D eigenvalue weighted by atomic mass is 10.1. The van der Waals surface area contributed by atoms with Crippen LogP contribution < -0.4 is 4.90 Å². The Labute approximate surface area is 113 Å². The van der Waals surface area contributed by atoms with Gasteiger partial charge in [-0.25, -0.2) is 0 Å². The molecule has 0 aliphatic carbocycles. The molecule has 19 heavy (non-hydrogen) atoms. The van der Waals surface area contributed by atoms with Gasteiger partial charge in [-0.3, -0.25) is 4.79 Å². The molecule has 0 radical (unpaired) electrons. The van der Waals surface area contributed by atoms with E-state index < -0.39 is 0 Å². The van der Waals surface area contributed by atoms with Crippen LogP contribution in [0.3, 0.4) is 0 Å².